The van der Waals surface area contributed by atoms with E-state index in [0.29, 0.717) is 12.1 Å². The molecule has 1 aromatic rings. The van der Waals surface area contributed by atoms with Gasteiger partial charge >= 0.3 is 11.7 Å². The molecule has 0 saturated heterocycles. The third-order valence-corrected chi connectivity index (χ3v) is 1.87. The van der Waals surface area contributed by atoms with Crippen LogP contribution in [0.2, 0.25) is 0 Å². The number of benzene rings is 1. The lowest BCUT2D eigenvalue weighted by Crippen LogP contribution is -2.24. The monoisotopic (exact) mass is 247 g/mol. The summed E-state index contributed by atoms with van der Waals surface area (Å²) in [6, 6.07) is 1.26. The zero-order valence-electron chi connectivity index (χ0n) is 8.52. The second kappa shape index (κ2) is 4.73. The highest BCUT2D eigenvalue weighted by atomic mass is 19.2. The van der Waals surface area contributed by atoms with Crippen molar-refractivity contribution in [1.82, 2.24) is 0 Å². The van der Waals surface area contributed by atoms with Crippen LogP contribution in [0.1, 0.15) is 6.92 Å². The summed E-state index contributed by atoms with van der Waals surface area (Å²) in [5.41, 5.74) is -0.836. The molecule has 1 atom stereocenters. The van der Waals surface area contributed by atoms with Gasteiger partial charge in [0.15, 0.2) is 11.9 Å². The normalized spacial score (nSPS) is 11.9. The molecule has 8 heteroatoms. The summed E-state index contributed by atoms with van der Waals surface area (Å²) in [4.78, 5) is 20.0. The summed E-state index contributed by atoms with van der Waals surface area (Å²) in [6.07, 6.45) is -1.54. The van der Waals surface area contributed by atoms with E-state index >= 15 is 0 Å². The lowest BCUT2D eigenvalue weighted by molar-refractivity contribution is -0.386. The summed E-state index contributed by atoms with van der Waals surface area (Å²) >= 11 is 0. The number of aliphatic carboxylic acids is 1. The van der Waals surface area contributed by atoms with Crippen LogP contribution < -0.4 is 4.74 Å². The van der Waals surface area contributed by atoms with E-state index in [4.69, 9.17) is 5.11 Å². The van der Waals surface area contributed by atoms with E-state index in [9.17, 15) is 23.7 Å². The van der Waals surface area contributed by atoms with E-state index in [1.165, 1.54) is 0 Å². The van der Waals surface area contributed by atoms with Crippen LogP contribution >= 0.6 is 0 Å². The van der Waals surface area contributed by atoms with Gasteiger partial charge in [0.2, 0.25) is 11.6 Å². The van der Waals surface area contributed by atoms with Gasteiger partial charge < -0.3 is 9.84 Å². The number of carbonyl (C=O) groups is 1. The van der Waals surface area contributed by atoms with Gasteiger partial charge in [0, 0.05) is 6.07 Å². The van der Waals surface area contributed by atoms with E-state index in [0.717, 1.165) is 6.92 Å². The number of nitro benzene ring substituents is 1. The number of carboxylic acids is 1. The van der Waals surface area contributed by atoms with Crippen molar-refractivity contribution in [2.45, 2.75) is 13.0 Å². The number of nitrogens with zero attached hydrogens (tertiary/aromatic N) is 1. The molecular weight excluding hydrogens is 240 g/mol. The third-order valence-electron chi connectivity index (χ3n) is 1.87. The fourth-order valence-electron chi connectivity index (χ4n) is 1.00. The van der Waals surface area contributed by atoms with Gasteiger partial charge in [-0.1, -0.05) is 0 Å². The fraction of sp³-hybridized carbons (Fsp3) is 0.222. The lowest BCUT2D eigenvalue weighted by Gasteiger charge is -2.11. The molecule has 0 aliphatic carbocycles. The van der Waals surface area contributed by atoms with Gasteiger partial charge in [-0.05, 0) is 13.0 Å². The van der Waals surface area contributed by atoms with Crippen molar-refractivity contribution in [2.24, 2.45) is 0 Å². The van der Waals surface area contributed by atoms with Crippen LogP contribution in [0.3, 0.4) is 0 Å². The molecule has 1 rings (SSSR count). The van der Waals surface area contributed by atoms with Crippen molar-refractivity contribution in [3.8, 4) is 5.75 Å². The molecule has 0 saturated carbocycles. The minimum atomic E-state index is -1.59. The van der Waals surface area contributed by atoms with Crippen LogP contribution in [-0.2, 0) is 4.79 Å². The van der Waals surface area contributed by atoms with Crippen LogP contribution in [0.5, 0.6) is 5.75 Å². The predicted molar refractivity (Wildman–Crippen MR) is 50.7 cm³/mol. The molecule has 0 fully saturated rings. The second-order valence-corrected chi connectivity index (χ2v) is 3.07. The van der Waals surface area contributed by atoms with Gasteiger partial charge in [0.1, 0.15) is 0 Å². The first kappa shape index (κ1) is 12.8. The van der Waals surface area contributed by atoms with Crippen molar-refractivity contribution in [3.63, 3.8) is 0 Å². The zero-order chi connectivity index (χ0) is 13.2. The lowest BCUT2D eigenvalue weighted by atomic mass is 10.2. The van der Waals surface area contributed by atoms with Crippen molar-refractivity contribution in [2.75, 3.05) is 0 Å². The van der Waals surface area contributed by atoms with Gasteiger partial charge in [-0.15, -0.1) is 0 Å². The maximum atomic E-state index is 13.2. The molecule has 0 aliphatic heterocycles. The van der Waals surface area contributed by atoms with Crippen molar-refractivity contribution in [3.05, 3.63) is 33.9 Å². The zero-order valence-corrected chi connectivity index (χ0v) is 8.52. The molecule has 17 heavy (non-hydrogen) atoms. The Morgan fingerprint density at radius 1 is 1.53 bits per heavy atom. The highest BCUT2D eigenvalue weighted by molar-refractivity contribution is 5.72. The summed E-state index contributed by atoms with van der Waals surface area (Å²) < 4.78 is 30.6. The first-order valence-electron chi connectivity index (χ1n) is 4.36. The molecule has 0 unspecified atom stereocenters. The van der Waals surface area contributed by atoms with Gasteiger partial charge in [0.05, 0.1) is 4.92 Å². The number of carboxylic acid groups (broad SMARTS) is 1. The summed E-state index contributed by atoms with van der Waals surface area (Å²) in [5, 5.41) is 19.0. The Morgan fingerprint density at radius 3 is 2.59 bits per heavy atom. The van der Waals surface area contributed by atoms with E-state index < -0.39 is 40.1 Å². The maximum absolute atomic E-state index is 13.2. The highest BCUT2D eigenvalue weighted by Gasteiger charge is 2.26. The average molecular weight is 247 g/mol. The summed E-state index contributed by atoms with van der Waals surface area (Å²) in [5.74, 6) is -5.43. The summed E-state index contributed by atoms with van der Waals surface area (Å²) in [6.45, 7) is 1.04. The number of hydrogen-bond donors (Lipinski definition) is 1. The highest BCUT2D eigenvalue weighted by Crippen LogP contribution is 2.32. The summed E-state index contributed by atoms with van der Waals surface area (Å²) in [7, 11) is 0. The molecule has 0 radical (unpaired) electrons. The Bertz CT molecular complexity index is 477. The molecule has 92 valence electrons. The SMILES string of the molecule is C[C@@H](Oc1c([N+](=O)[O-])ccc(F)c1F)C(=O)O. The van der Waals surface area contributed by atoms with Gasteiger partial charge in [0.25, 0.3) is 0 Å². The largest absolute Gasteiger partial charge is 0.479 e. The Kier molecular flexibility index (Phi) is 3.56. The Morgan fingerprint density at radius 2 is 2.12 bits per heavy atom. The van der Waals surface area contributed by atoms with Crippen LogP contribution in [0.4, 0.5) is 14.5 Å². The molecule has 1 N–H and O–H groups in total. The molecular formula is C9H7F2NO5. The van der Waals surface area contributed by atoms with Crippen molar-refractivity contribution in [1.29, 1.82) is 0 Å². The third kappa shape index (κ3) is 2.65. The molecule has 0 aromatic heterocycles. The van der Waals surface area contributed by atoms with Gasteiger partial charge in [-0.3, -0.25) is 10.1 Å². The van der Waals surface area contributed by atoms with E-state index in [1.54, 1.807) is 0 Å². The predicted octanol–water partition coefficient (Wildman–Crippen LogP) is 1.72. The van der Waals surface area contributed by atoms with Crippen LogP contribution in [0.25, 0.3) is 0 Å². The molecule has 1 aromatic carbocycles. The van der Waals surface area contributed by atoms with Crippen molar-refractivity contribution >= 4 is 11.7 Å². The van der Waals surface area contributed by atoms with Crippen LogP contribution in [0.15, 0.2) is 12.1 Å². The minimum absolute atomic E-state index is 0.561. The Labute approximate surface area is 93.6 Å². The number of halogens is 2. The topological polar surface area (TPSA) is 89.7 Å². The maximum Gasteiger partial charge on any atom is 0.344 e. The minimum Gasteiger partial charge on any atom is -0.479 e. The molecule has 0 bridgehead atoms. The number of nitro groups is 1. The number of hydrogen-bond acceptors (Lipinski definition) is 4. The smallest absolute Gasteiger partial charge is 0.344 e. The van der Waals surface area contributed by atoms with Crippen LogP contribution in [0, 0.1) is 21.7 Å². The molecule has 0 spiro atoms. The Hall–Kier alpha value is -2.25. The second-order valence-electron chi connectivity index (χ2n) is 3.07. The first-order chi connectivity index (χ1) is 7.84. The van der Waals surface area contributed by atoms with Gasteiger partial charge in [-0.25, -0.2) is 9.18 Å². The van der Waals surface area contributed by atoms with E-state index in [2.05, 4.69) is 4.74 Å². The standard InChI is InChI=1S/C9H7F2NO5/c1-4(9(13)14)17-8-6(12(15)16)3-2-5(10)7(8)11/h2-4H,1H3,(H,13,14)/t4-/m1/s1. The van der Waals surface area contributed by atoms with Gasteiger partial charge in [-0.2, -0.15) is 4.39 Å². The van der Waals surface area contributed by atoms with E-state index in [1.807, 2.05) is 0 Å². The average Bonchev–Trinajstić information content (AvgIpc) is 2.24. The Balaban J connectivity index is 3.23. The van der Waals surface area contributed by atoms with Crippen molar-refractivity contribution < 1.29 is 28.3 Å². The molecule has 6 nitrogen and oxygen atoms in total. The molecule has 0 amide bonds. The number of ether oxygens (including phenoxy) is 1. The quantitative estimate of drug-likeness (QED) is 0.646. The number of rotatable bonds is 4. The molecule has 0 aliphatic rings. The van der Waals surface area contributed by atoms with Crippen LogP contribution in [-0.4, -0.2) is 22.1 Å². The van der Waals surface area contributed by atoms with E-state index in [-0.39, 0.29) is 0 Å². The fourth-order valence-corrected chi connectivity index (χ4v) is 1.00. The molecule has 0 heterocycles. The first-order valence-corrected chi connectivity index (χ1v) is 4.36.